The molecule has 0 spiro atoms. The molecule has 0 unspecified atom stereocenters. The van der Waals surface area contributed by atoms with Crippen molar-refractivity contribution in [1.82, 2.24) is 4.98 Å². The normalized spacial score (nSPS) is 10.2. The second-order valence-electron chi connectivity index (χ2n) is 3.70. The molecule has 0 aliphatic carbocycles. The number of halogens is 2. The van der Waals surface area contributed by atoms with Crippen molar-refractivity contribution in [3.8, 4) is 0 Å². The fourth-order valence-corrected chi connectivity index (χ4v) is 1.59. The minimum atomic E-state index is -1.31. The van der Waals surface area contributed by atoms with Gasteiger partial charge < -0.3 is 5.11 Å². The third-order valence-electron chi connectivity index (χ3n) is 2.41. The molecule has 0 saturated carbocycles. The first kappa shape index (κ1) is 13.2. The summed E-state index contributed by atoms with van der Waals surface area (Å²) >= 11 is 5.68. The molecule has 1 aromatic heterocycles. The number of carboxylic acids is 1. The molecule has 1 heterocycles. The van der Waals surface area contributed by atoms with E-state index in [4.69, 9.17) is 16.7 Å². The van der Waals surface area contributed by atoms with Crippen molar-refractivity contribution in [3.05, 3.63) is 64.2 Å². The SMILES string of the molecule is O=C(O)c1cnc(C(=O)c2ccc(Cl)cc2)c(F)c1. The van der Waals surface area contributed by atoms with E-state index in [9.17, 15) is 14.0 Å². The smallest absolute Gasteiger partial charge is 0.337 e. The Bertz CT molecular complexity index is 655. The van der Waals surface area contributed by atoms with E-state index in [1.165, 1.54) is 24.3 Å². The predicted octanol–water partition coefficient (Wildman–Crippen LogP) is 2.80. The van der Waals surface area contributed by atoms with E-state index in [0.717, 1.165) is 12.3 Å². The van der Waals surface area contributed by atoms with Crippen molar-refractivity contribution >= 4 is 23.4 Å². The van der Waals surface area contributed by atoms with Gasteiger partial charge in [-0.05, 0) is 30.3 Å². The molecular weight excluding hydrogens is 273 g/mol. The van der Waals surface area contributed by atoms with Crippen molar-refractivity contribution in [3.63, 3.8) is 0 Å². The van der Waals surface area contributed by atoms with Gasteiger partial charge in [0.2, 0.25) is 5.78 Å². The largest absolute Gasteiger partial charge is 0.478 e. The van der Waals surface area contributed by atoms with E-state index in [-0.39, 0.29) is 11.1 Å². The summed E-state index contributed by atoms with van der Waals surface area (Å²) in [6.07, 6.45) is 0.939. The summed E-state index contributed by atoms with van der Waals surface area (Å²) in [4.78, 5) is 26.2. The van der Waals surface area contributed by atoms with Crippen LogP contribution in [0.2, 0.25) is 5.02 Å². The maximum Gasteiger partial charge on any atom is 0.337 e. The fraction of sp³-hybridized carbons (Fsp3) is 0. The number of carbonyl (C=O) groups excluding carboxylic acids is 1. The number of hydrogen-bond donors (Lipinski definition) is 1. The zero-order valence-electron chi connectivity index (χ0n) is 9.43. The first-order valence-electron chi connectivity index (χ1n) is 5.18. The van der Waals surface area contributed by atoms with Gasteiger partial charge in [-0.15, -0.1) is 0 Å². The molecular formula is C13H7ClFNO3. The summed E-state index contributed by atoms with van der Waals surface area (Å²) in [5.74, 6) is -2.91. The van der Waals surface area contributed by atoms with Crippen LogP contribution in [-0.4, -0.2) is 21.8 Å². The van der Waals surface area contributed by atoms with E-state index in [1.807, 2.05) is 0 Å². The molecule has 2 aromatic rings. The standard InChI is InChI=1S/C13H7ClFNO3/c14-9-3-1-7(2-4-9)12(17)11-10(15)5-8(6-16-11)13(18)19/h1-6H,(H,18,19). The molecule has 96 valence electrons. The lowest BCUT2D eigenvalue weighted by Gasteiger charge is -2.03. The number of nitrogens with zero attached hydrogens (tertiary/aromatic N) is 1. The summed E-state index contributed by atoms with van der Waals surface area (Å²) in [6, 6.07) is 6.64. The Labute approximate surface area is 112 Å². The van der Waals surface area contributed by atoms with Crippen molar-refractivity contribution < 1.29 is 19.1 Å². The first-order valence-corrected chi connectivity index (χ1v) is 5.56. The Hall–Kier alpha value is -2.27. The minimum Gasteiger partial charge on any atom is -0.478 e. The van der Waals surface area contributed by atoms with Gasteiger partial charge in [0.25, 0.3) is 0 Å². The zero-order chi connectivity index (χ0) is 14.0. The Morgan fingerprint density at radius 1 is 1.16 bits per heavy atom. The molecule has 4 nitrogen and oxygen atoms in total. The van der Waals surface area contributed by atoms with Crippen LogP contribution >= 0.6 is 11.6 Å². The Morgan fingerprint density at radius 2 is 1.79 bits per heavy atom. The molecule has 0 fully saturated rings. The summed E-state index contributed by atoms with van der Waals surface area (Å²) in [7, 11) is 0. The van der Waals surface area contributed by atoms with E-state index >= 15 is 0 Å². The van der Waals surface area contributed by atoms with Crippen molar-refractivity contribution in [2.75, 3.05) is 0 Å². The molecule has 0 aliphatic rings. The van der Waals surface area contributed by atoms with E-state index in [1.54, 1.807) is 0 Å². The quantitative estimate of drug-likeness (QED) is 0.877. The number of ketones is 1. The highest BCUT2D eigenvalue weighted by Gasteiger charge is 2.17. The molecule has 6 heteroatoms. The van der Waals surface area contributed by atoms with Crippen LogP contribution in [-0.2, 0) is 0 Å². The molecule has 0 amide bonds. The van der Waals surface area contributed by atoms with E-state index < -0.39 is 23.3 Å². The van der Waals surface area contributed by atoms with Crippen LogP contribution < -0.4 is 0 Å². The second kappa shape index (κ2) is 5.16. The van der Waals surface area contributed by atoms with Gasteiger partial charge in [0, 0.05) is 16.8 Å². The predicted molar refractivity (Wildman–Crippen MR) is 66.0 cm³/mol. The summed E-state index contributed by atoms with van der Waals surface area (Å²) in [5, 5.41) is 9.13. The summed E-state index contributed by atoms with van der Waals surface area (Å²) < 4.78 is 13.7. The maximum absolute atomic E-state index is 13.7. The van der Waals surface area contributed by atoms with Gasteiger partial charge in [-0.25, -0.2) is 14.2 Å². The van der Waals surface area contributed by atoms with Crippen molar-refractivity contribution in [2.45, 2.75) is 0 Å². The highest BCUT2D eigenvalue weighted by molar-refractivity contribution is 6.30. The van der Waals surface area contributed by atoms with Gasteiger partial charge in [-0.3, -0.25) is 4.79 Å². The third-order valence-corrected chi connectivity index (χ3v) is 2.66. The molecule has 2 rings (SSSR count). The number of aromatic nitrogens is 1. The van der Waals surface area contributed by atoms with Crippen LogP contribution in [0.4, 0.5) is 4.39 Å². The Kier molecular flexibility index (Phi) is 3.57. The lowest BCUT2D eigenvalue weighted by atomic mass is 10.1. The zero-order valence-corrected chi connectivity index (χ0v) is 10.2. The molecule has 1 N–H and O–H groups in total. The van der Waals surface area contributed by atoms with Crippen LogP contribution in [0.3, 0.4) is 0 Å². The highest BCUT2D eigenvalue weighted by atomic mass is 35.5. The lowest BCUT2D eigenvalue weighted by Crippen LogP contribution is -2.09. The monoisotopic (exact) mass is 279 g/mol. The summed E-state index contributed by atoms with van der Waals surface area (Å²) in [6.45, 7) is 0. The van der Waals surface area contributed by atoms with Gasteiger partial charge in [0.05, 0.1) is 5.56 Å². The van der Waals surface area contributed by atoms with Crippen molar-refractivity contribution in [1.29, 1.82) is 0 Å². The van der Waals surface area contributed by atoms with Crippen LogP contribution in [0, 0.1) is 5.82 Å². The van der Waals surface area contributed by atoms with Gasteiger partial charge in [-0.1, -0.05) is 11.6 Å². The number of carboxylic acid groups (broad SMARTS) is 1. The average molecular weight is 280 g/mol. The minimum absolute atomic E-state index is 0.221. The number of rotatable bonds is 3. The molecule has 0 saturated heterocycles. The molecule has 19 heavy (non-hydrogen) atoms. The Balaban J connectivity index is 2.39. The molecule has 0 radical (unpaired) electrons. The first-order chi connectivity index (χ1) is 8.99. The van der Waals surface area contributed by atoms with Gasteiger partial charge in [0.15, 0.2) is 5.82 Å². The topological polar surface area (TPSA) is 67.3 Å². The van der Waals surface area contributed by atoms with E-state index in [2.05, 4.69) is 4.98 Å². The van der Waals surface area contributed by atoms with Gasteiger partial charge in [-0.2, -0.15) is 0 Å². The molecule has 0 aliphatic heterocycles. The number of aromatic carboxylic acids is 1. The summed E-state index contributed by atoms with van der Waals surface area (Å²) in [5.41, 5.74) is -0.517. The second-order valence-corrected chi connectivity index (χ2v) is 4.13. The highest BCUT2D eigenvalue weighted by Crippen LogP contribution is 2.15. The number of benzene rings is 1. The fourth-order valence-electron chi connectivity index (χ4n) is 1.46. The molecule has 0 atom stereocenters. The maximum atomic E-state index is 13.7. The van der Waals surface area contributed by atoms with Gasteiger partial charge >= 0.3 is 5.97 Å². The van der Waals surface area contributed by atoms with Crippen LogP contribution in [0.5, 0.6) is 0 Å². The van der Waals surface area contributed by atoms with Crippen LogP contribution in [0.25, 0.3) is 0 Å². The number of carbonyl (C=O) groups is 2. The lowest BCUT2D eigenvalue weighted by molar-refractivity contribution is 0.0695. The number of hydrogen-bond acceptors (Lipinski definition) is 3. The van der Waals surface area contributed by atoms with Gasteiger partial charge in [0.1, 0.15) is 5.69 Å². The van der Waals surface area contributed by atoms with Crippen LogP contribution in [0.1, 0.15) is 26.4 Å². The van der Waals surface area contributed by atoms with Crippen molar-refractivity contribution in [2.24, 2.45) is 0 Å². The molecule has 1 aromatic carbocycles. The third kappa shape index (κ3) is 2.77. The Morgan fingerprint density at radius 3 is 2.32 bits per heavy atom. The van der Waals surface area contributed by atoms with Crippen LogP contribution in [0.15, 0.2) is 36.5 Å². The molecule has 0 bridgehead atoms. The number of pyridine rings is 1. The van der Waals surface area contributed by atoms with E-state index in [0.29, 0.717) is 5.02 Å². The average Bonchev–Trinajstić information content (AvgIpc) is 2.38.